The van der Waals surface area contributed by atoms with E-state index in [9.17, 15) is 13.5 Å². The number of aliphatic hydroxyl groups is 1. The van der Waals surface area contributed by atoms with Crippen LogP contribution in [0, 0.1) is 0 Å². The van der Waals surface area contributed by atoms with Gasteiger partial charge in [0.1, 0.15) is 0 Å². The zero-order valence-corrected chi connectivity index (χ0v) is 10.3. The molecule has 4 nitrogen and oxygen atoms in total. The number of nitrogens with two attached hydrogens (primary N) is 1. The summed E-state index contributed by atoms with van der Waals surface area (Å²) in [5.41, 5.74) is 0.855. The lowest BCUT2D eigenvalue weighted by atomic mass is 10.1. The molecule has 1 aromatic carbocycles. The number of halogens is 1. The maximum Gasteiger partial charge on any atom is 0.211 e. The highest BCUT2D eigenvalue weighted by molar-refractivity contribution is 9.10. The van der Waals surface area contributed by atoms with Gasteiger partial charge in [0.25, 0.3) is 0 Å². The highest BCUT2D eigenvalue weighted by Gasteiger charge is 2.14. The molecule has 0 saturated carbocycles. The first-order valence-corrected chi connectivity index (χ1v) is 6.81. The first-order valence-electron chi connectivity index (χ1n) is 4.30. The van der Waals surface area contributed by atoms with Crippen molar-refractivity contribution in [2.45, 2.75) is 12.5 Å². The third kappa shape index (κ3) is 4.74. The van der Waals surface area contributed by atoms with E-state index in [4.69, 9.17) is 5.14 Å². The number of primary sulfonamides is 1. The molecular formula is C9H12BrNO3S. The first kappa shape index (κ1) is 12.6. The fourth-order valence-electron chi connectivity index (χ4n) is 1.24. The average Bonchev–Trinajstić information content (AvgIpc) is 2.05. The van der Waals surface area contributed by atoms with Gasteiger partial charge in [-0.3, -0.25) is 0 Å². The van der Waals surface area contributed by atoms with Gasteiger partial charge in [0, 0.05) is 10.9 Å². The minimum absolute atomic E-state index is 0.262. The van der Waals surface area contributed by atoms with Crippen LogP contribution >= 0.6 is 15.9 Å². The summed E-state index contributed by atoms with van der Waals surface area (Å²) in [4.78, 5) is 0. The van der Waals surface area contributed by atoms with E-state index in [0.717, 1.165) is 10.0 Å². The van der Waals surface area contributed by atoms with Crippen LogP contribution in [0.25, 0.3) is 0 Å². The standard InChI is InChI=1S/C9H12BrNO3S/c10-9-4-2-1-3-7(9)5-8(12)6-15(11,13)14/h1-4,8,12H,5-6H2,(H2,11,13,14). The van der Waals surface area contributed by atoms with Crippen LogP contribution in [0.3, 0.4) is 0 Å². The molecule has 0 fully saturated rings. The summed E-state index contributed by atoms with van der Waals surface area (Å²) in [7, 11) is -3.62. The van der Waals surface area contributed by atoms with E-state index in [1.807, 2.05) is 24.3 Å². The lowest BCUT2D eigenvalue weighted by Gasteiger charge is -2.10. The Kier molecular flexibility index (Phi) is 4.27. The van der Waals surface area contributed by atoms with Crippen molar-refractivity contribution in [3.05, 3.63) is 34.3 Å². The van der Waals surface area contributed by atoms with Crippen LogP contribution < -0.4 is 5.14 Å². The zero-order chi connectivity index (χ0) is 11.5. The molecule has 0 aliphatic heterocycles. The van der Waals surface area contributed by atoms with Gasteiger partial charge in [0.2, 0.25) is 10.0 Å². The predicted octanol–water partition coefficient (Wildman–Crippen LogP) is 0.641. The Morgan fingerprint density at radius 3 is 2.53 bits per heavy atom. The van der Waals surface area contributed by atoms with Crippen LogP contribution in [0.2, 0.25) is 0 Å². The maximum atomic E-state index is 10.7. The smallest absolute Gasteiger partial charge is 0.211 e. The van der Waals surface area contributed by atoms with E-state index in [0.29, 0.717) is 0 Å². The Hall–Kier alpha value is -0.430. The minimum atomic E-state index is -3.62. The van der Waals surface area contributed by atoms with Crippen molar-refractivity contribution < 1.29 is 13.5 Å². The normalized spacial score (nSPS) is 13.8. The van der Waals surface area contributed by atoms with Crippen molar-refractivity contribution in [2.24, 2.45) is 5.14 Å². The fraction of sp³-hybridized carbons (Fsp3) is 0.333. The van der Waals surface area contributed by atoms with Crippen molar-refractivity contribution in [3.8, 4) is 0 Å². The topological polar surface area (TPSA) is 80.4 Å². The van der Waals surface area contributed by atoms with E-state index >= 15 is 0 Å². The van der Waals surface area contributed by atoms with E-state index in [1.165, 1.54) is 0 Å². The van der Waals surface area contributed by atoms with Crippen LogP contribution in [-0.4, -0.2) is 25.4 Å². The molecule has 0 amide bonds. The summed E-state index contributed by atoms with van der Waals surface area (Å²) in [6.07, 6.45) is -0.712. The van der Waals surface area contributed by atoms with Crippen LogP contribution in [0.1, 0.15) is 5.56 Å². The first-order chi connectivity index (χ1) is 6.88. The molecule has 0 aliphatic carbocycles. The SMILES string of the molecule is NS(=O)(=O)CC(O)Cc1ccccc1Br. The zero-order valence-electron chi connectivity index (χ0n) is 7.93. The number of hydrogen-bond acceptors (Lipinski definition) is 3. The van der Waals surface area contributed by atoms with Gasteiger partial charge in [0.05, 0.1) is 11.9 Å². The summed E-state index contributed by atoms with van der Waals surface area (Å²) in [6, 6.07) is 7.32. The van der Waals surface area contributed by atoms with Gasteiger partial charge < -0.3 is 5.11 Å². The van der Waals surface area contributed by atoms with Crippen molar-refractivity contribution in [1.82, 2.24) is 0 Å². The Morgan fingerprint density at radius 1 is 1.40 bits per heavy atom. The Balaban J connectivity index is 2.67. The third-order valence-electron chi connectivity index (χ3n) is 1.84. The van der Waals surface area contributed by atoms with Crippen molar-refractivity contribution in [3.63, 3.8) is 0 Å². The largest absolute Gasteiger partial charge is 0.392 e. The summed E-state index contributed by atoms with van der Waals surface area (Å²) < 4.78 is 22.3. The van der Waals surface area contributed by atoms with Gasteiger partial charge in [-0.15, -0.1) is 0 Å². The van der Waals surface area contributed by atoms with Gasteiger partial charge in [0.15, 0.2) is 0 Å². The van der Waals surface area contributed by atoms with E-state index in [1.54, 1.807) is 0 Å². The maximum absolute atomic E-state index is 10.7. The Labute approximate surface area is 97.3 Å². The monoisotopic (exact) mass is 293 g/mol. The third-order valence-corrected chi connectivity index (χ3v) is 3.46. The van der Waals surface area contributed by atoms with E-state index < -0.39 is 21.9 Å². The summed E-state index contributed by atoms with van der Waals surface area (Å²) in [5.74, 6) is -0.422. The molecule has 3 N–H and O–H groups in total. The molecule has 1 aromatic rings. The van der Waals surface area contributed by atoms with Crippen molar-refractivity contribution in [2.75, 3.05) is 5.75 Å². The Bertz CT molecular complexity index is 433. The van der Waals surface area contributed by atoms with Crippen molar-refractivity contribution >= 4 is 26.0 Å². The highest BCUT2D eigenvalue weighted by Crippen LogP contribution is 2.17. The van der Waals surface area contributed by atoms with Crippen molar-refractivity contribution in [1.29, 1.82) is 0 Å². The lowest BCUT2D eigenvalue weighted by Crippen LogP contribution is -2.28. The second-order valence-electron chi connectivity index (χ2n) is 3.28. The molecule has 1 unspecified atom stereocenters. The van der Waals surface area contributed by atoms with Gasteiger partial charge in [-0.2, -0.15) is 0 Å². The van der Waals surface area contributed by atoms with Gasteiger partial charge >= 0.3 is 0 Å². The number of aliphatic hydroxyl groups excluding tert-OH is 1. The molecule has 1 atom stereocenters. The number of rotatable bonds is 4. The average molecular weight is 294 g/mol. The molecular weight excluding hydrogens is 282 g/mol. The van der Waals surface area contributed by atoms with E-state index in [2.05, 4.69) is 15.9 Å². The van der Waals surface area contributed by atoms with Crippen LogP contribution in [0.4, 0.5) is 0 Å². The van der Waals surface area contributed by atoms with Crippen LogP contribution in [-0.2, 0) is 16.4 Å². The Morgan fingerprint density at radius 2 is 2.00 bits per heavy atom. The molecule has 0 radical (unpaired) electrons. The molecule has 0 spiro atoms. The van der Waals surface area contributed by atoms with Gasteiger partial charge in [-0.1, -0.05) is 34.1 Å². The van der Waals surface area contributed by atoms with E-state index in [-0.39, 0.29) is 6.42 Å². The lowest BCUT2D eigenvalue weighted by molar-refractivity contribution is 0.197. The molecule has 0 aromatic heterocycles. The number of benzene rings is 1. The fourth-order valence-corrected chi connectivity index (χ4v) is 2.35. The minimum Gasteiger partial charge on any atom is -0.392 e. The molecule has 15 heavy (non-hydrogen) atoms. The summed E-state index contributed by atoms with van der Waals surface area (Å²) in [5, 5.41) is 14.3. The second kappa shape index (κ2) is 5.07. The second-order valence-corrected chi connectivity index (χ2v) is 5.79. The molecule has 1 rings (SSSR count). The molecule has 0 saturated heterocycles. The summed E-state index contributed by atoms with van der Waals surface area (Å²) >= 11 is 3.31. The van der Waals surface area contributed by atoms with Crippen LogP contribution in [0.15, 0.2) is 28.7 Å². The van der Waals surface area contributed by atoms with Gasteiger partial charge in [-0.25, -0.2) is 13.6 Å². The molecule has 0 aliphatic rings. The molecule has 0 heterocycles. The quantitative estimate of drug-likeness (QED) is 0.855. The number of hydrogen-bond donors (Lipinski definition) is 2. The summed E-state index contributed by atoms with van der Waals surface area (Å²) in [6.45, 7) is 0. The predicted molar refractivity (Wildman–Crippen MR) is 61.8 cm³/mol. The molecule has 84 valence electrons. The highest BCUT2D eigenvalue weighted by atomic mass is 79.9. The number of sulfonamides is 1. The molecule has 0 bridgehead atoms. The molecule has 6 heteroatoms. The van der Waals surface area contributed by atoms with Crippen LogP contribution in [0.5, 0.6) is 0 Å². The van der Waals surface area contributed by atoms with Gasteiger partial charge in [-0.05, 0) is 11.6 Å².